The van der Waals surface area contributed by atoms with Crippen molar-refractivity contribution >= 4 is 7.82 Å². The van der Waals surface area contributed by atoms with E-state index in [0.29, 0.717) is 0 Å². The summed E-state index contributed by atoms with van der Waals surface area (Å²) in [6, 6.07) is 0. The lowest BCUT2D eigenvalue weighted by atomic mass is 9.90. The van der Waals surface area contributed by atoms with Gasteiger partial charge in [-0.25, -0.2) is 4.57 Å². The fraction of sp³-hybridized carbons (Fsp3) is 1.00. The molecule has 1 N–H and O–H groups in total. The molecule has 0 rings (SSSR count). The Balaban J connectivity index is 5.84. The zero-order valence-electron chi connectivity index (χ0n) is 20.8. The maximum absolute atomic E-state index is 13.6. The summed E-state index contributed by atoms with van der Waals surface area (Å²) in [6.07, 6.45) is -22.2. The van der Waals surface area contributed by atoms with Crippen molar-refractivity contribution in [2.45, 2.75) is 84.4 Å². The minimum atomic E-state index is -8.71. The van der Waals surface area contributed by atoms with Crippen molar-refractivity contribution in [2.24, 2.45) is 0 Å². The van der Waals surface area contributed by atoms with Crippen LogP contribution in [0.2, 0.25) is 0 Å². The predicted molar refractivity (Wildman–Crippen MR) is 92.5 cm³/mol. The zero-order chi connectivity index (χ0) is 38.7. The van der Waals surface area contributed by atoms with Gasteiger partial charge >= 0.3 is 79.4 Å². The molecule has 0 amide bonds. The van der Waals surface area contributed by atoms with E-state index in [-0.39, 0.29) is 0 Å². The molecule has 284 valence electrons. The molecule has 0 saturated heterocycles. The summed E-state index contributed by atoms with van der Waals surface area (Å²) in [7, 11) is -6.56. The van der Waals surface area contributed by atoms with Crippen molar-refractivity contribution in [1.29, 1.82) is 0 Å². The maximum atomic E-state index is 13.6. The van der Waals surface area contributed by atoms with Crippen LogP contribution in [0, 0.1) is 0 Å². The van der Waals surface area contributed by atoms with Gasteiger partial charge in [-0.15, -0.1) is 0 Å². The van der Waals surface area contributed by atoms with E-state index in [9.17, 15) is 119 Å². The number of rotatable bonds is 16. The first-order chi connectivity index (χ1) is 19.9. The number of hydrogen-bond donors (Lipinski definition) is 1. The molecule has 0 bridgehead atoms. The predicted octanol–water partition coefficient (Wildman–Crippen LogP) is 9.38. The molecule has 0 fully saturated rings. The Morgan fingerprint density at radius 1 is 0.362 bits per heavy atom. The molecule has 0 aromatic heterocycles. The van der Waals surface area contributed by atoms with Gasteiger partial charge in [0.05, 0.1) is 13.2 Å². The van der Waals surface area contributed by atoms with Crippen LogP contribution in [-0.2, 0) is 13.6 Å². The topological polar surface area (TPSA) is 55.8 Å². The Morgan fingerprint density at radius 2 is 0.553 bits per heavy atom. The molecule has 4 nitrogen and oxygen atoms in total. The van der Waals surface area contributed by atoms with Crippen LogP contribution >= 0.6 is 7.82 Å². The Kier molecular flexibility index (Phi) is 11.8. The third-order valence-corrected chi connectivity index (χ3v) is 6.36. The van der Waals surface area contributed by atoms with Gasteiger partial charge in [0, 0.05) is 12.8 Å². The van der Waals surface area contributed by atoms with Crippen LogP contribution in [0.25, 0.3) is 0 Å². The highest BCUT2D eigenvalue weighted by Gasteiger charge is 2.93. The summed E-state index contributed by atoms with van der Waals surface area (Å²) in [4.78, 5) is 8.94. The highest BCUT2D eigenvalue weighted by molar-refractivity contribution is 7.47. The van der Waals surface area contributed by atoms with Gasteiger partial charge in [0.25, 0.3) is 0 Å². The maximum Gasteiger partial charge on any atom is 0.472 e. The Hall–Kier alpha value is -1.71. The molecule has 47 heavy (non-hydrogen) atoms. The fourth-order valence-corrected chi connectivity index (χ4v) is 3.25. The molecular weight excluding hydrogens is 781 g/mol. The normalized spacial score (nSPS) is 17.6. The molecule has 0 aromatic carbocycles. The minimum Gasteiger partial charge on any atom is -0.302 e. The number of phosphoric acid groups is 1. The summed E-state index contributed by atoms with van der Waals surface area (Å²) in [5.41, 5.74) is 0. The number of alkyl halides is 26. The summed E-state index contributed by atoms with van der Waals surface area (Å²) in [5.74, 6) is -79.8. The lowest BCUT2D eigenvalue weighted by molar-refractivity contribution is -0.452. The number of halogens is 26. The zero-order valence-corrected chi connectivity index (χ0v) is 21.7. The van der Waals surface area contributed by atoms with E-state index in [1.165, 1.54) is 0 Å². The Morgan fingerprint density at radius 3 is 0.787 bits per heavy atom. The molecule has 1 unspecified atom stereocenters. The molecule has 0 radical (unpaired) electrons. The van der Waals surface area contributed by atoms with E-state index in [4.69, 9.17) is 4.89 Å². The smallest absolute Gasteiger partial charge is 0.302 e. The van der Waals surface area contributed by atoms with Crippen molar-refractivity contribution in [3.63, 3.8) is 0 Å². The molecule has 0 saturated carbocycles. The van der Waals surface area contributed by atoms with Crippen LogP contribution in [0.5, 0.6) is 0 Å². The summed E-state index contributed by atoms with van der Waals surface area (Å²) in [6.45, 7) is -5.56. The second-order valence-corrected chi connectivity index (χ2v) is 10.1. The molecule has 0 aliphatic carbocycles. The van der Waals surface area contributed by atoms with Gasteiger partial charge in [0.2, 0.25) is 0 Å². The average molecular weight is 790 g/mol. The second kappa shape index (κ2) is 12.3. The molecule has 0 heterocycles. The Labute approximate surface area is 239 Å². The van der Waals surface area contributed by atoms with E-state index in [0.717, 1.165) is 0 Å². The number of phosphoric ester groups is 1. The van der Waals surface area contributed by atoms with Crippen LogP contribution in [0.4, 0.5) is 114 Å². The van der Waals surface area contributed by atoms with Gasteiger partial charge in [-0.3, -0.25) is 9.05 Å². The quantitative estimate of drug-likeness (QED) is 0.125. The molecule has 31 heteroatoms. The average Bonchev–Trinajstić information content (AvgIpc) is 2.80. The van der Waals surface area contributed by atoms with E-state index in [1.54, 1.807) is 0 Å². The minimum absolute atomic E-state index is 2.72. The third-order valence-electron chi connectivity index (χ3n) is 5.34. The van der Waals surface area contributed by atoms with Crippen molar-refractivity contribution < 1.29 is 133 Å². The van der Waals surface area contributed by atoms with Crippen LogP contribution in [-0.4, -0.2) is 89.7 Å². The van der Waals surface area contributed by atoms with E-state index >= 15 is 0 Å². The summed E-state index contributed by atoms with van der Waals surface area (Å²) in [5, 5.41) is 0. The second-order valence-electron chi connectivity index (χ2n) is 8.63. The molecule has 1 atom stereocenters. The molecule has 0 aromatic rings. The Bertz CT molecular complexity index is 1140. The van der Waals surface area contributed by atoms with Crippen LogP contribution in [0.1, 0.15) is 12.8 Å². The van der Waals surface area contributed by atoms with Crippen LogP contribution in [0.3, 0.4) is 0 Å². The van der Waals surface area contributed by atoms with Crippen molar-refractivity contribution in [1.82, 2.24) is 0 Å². The van der Waals surface area contributed by atoms with Gasteiger partial charge < -0.3 is 4.89 Å². The van der Waals surface area contributed by atoms with Gasteiger partial charge in [-0.2, -0.15) is 114 Å². The standard InChI is InChI=1S/C16H9F26O4P/c17-5(18,7(21,22)9(25,26)11(29,30)12(31,32)14(35,36)16(40,41)42)1-3-45-47(43,44)46-4-2-6(19,20)8(23,24)10(27,28)13(33,34)15(37,38)39/h1-4H2,(H,43,44). The van der Waals surface area contributed by atoms with Crippen molar-refractivity contribution in [3.05, 3.63) is 0 Å². The highest BCUT2D eigenvalue weighted by Crippen LogP contribution is 2.63. The highest BCUT2D eigenvalue weighted by atomic mass is 31.2. The third kappa shape index (κ3) is 7.28. The lowest BCUT2D eigenvalue weighted by Crippen LogP contribution is -2.72. The first-order valence-electron chi connectivity index (χ1n) is 10.4. The molecule has 0 aliphatic rings. The first-order valence-corrected chi connectivity index (χ1v) is 11.9. The summed E-state index contributed by atoms with van der Waals surface area (Å²) >= 11 is 0. The van der Waals surface area contributed by atoms with Crippen LogP contribution in [0.15, 0.2) is 0 Å². The van der Waals surface area contributed by atoms with Crippen molar-refractivity contribution in [3.8, 4) is 0 Å². The molecule has 0 spiro atoms. The van der Waals surface area contributed by atoms with E-state index in [1.807, 2.05) is 0 Å². The molecule has 0 aliphatic heterocycles. The van der Waals surface area contributed by atoms with Crippen LogP contribution < -0.4 is 0 Å². The van der Waals surface area contributed by atoms with E-state index in [2.05, 4.69) is 9.05 Å². The lowest BCUT2D eigenvalue weighted by Gasteiger charge is -2.41. The largest absolute Gasteiger partial charge is 0.472 e. The van der Waals surface area contributed by atoms with Gasteiger partial charge in [0.15, 0.2) is 0 Å². The van der Waals surface area contributed by atoms with E-state index < -0.39 is 105 Å². The first kappa shape index (κ1) is 45.3. The SMILES string of the molecule is O=P(O)(OCCC(F)(F)C(F)(F)C(F)(F)C(F)(F)C(F)(F)F)OCCC(F)(F)C(F)(F)C(F)(F)C(F)(F)C(F)(F)C(F)(F)C(F)(F)F. The monoisotopic (exact) mass is 790 g/mol. The number of hydrogen-bond acceptors (Lipinski definition) is 3. The van der Waals surface area contributed by atoms with Gasteiger partial charge in [0.1, 0.15) is 0 Å². The molecular formula is C16H9F26O4P. The van der Waals surface area contributed by atoms with Crippen molar-refractivity contribution in [2.75, 3.05) is 13.2 Å². The van der Waals surface area contributed by atoms with Gasteiger partial charge in [-0.05, 0) is 0 Å². The van der Waals surface area contributed by atoms with Gasteiger partial charge in [-0.1, -0.05) is 0 Å². The fourth-order valence-electron chi connectivity index (χ4n) is 2.53. The summed E-state index contributed by atoms with van der Waals surface area (Å²) < 4.78 is 355.